The maximum Gasteiger partial charge on any atom is 0.254 e. The van der Waals surface area contributed by atoms with Crippen molar-refractivity contribution in [3.63, 3.8) is 0 Å². The molecule has 1 aliphatic heterocycles. The van der Waals surface area contributed by atoms with Crippen molar-refractivity contribution in [1.29, 1.82) is 0 Å². The van der Waals surface area contributed by atoms with Crippen molar-refractivity contribution < 1.29 is 14.3 Å². The van der Waals surface area contributed by atoms with Crippen LogP contribution in [0.4, 0.5) is 0 Å². The van der Waals surface area contributed by atoms with Crippen LogP contribution in [0.3, 0.4) is 0 Å². The van der Waals surface area contributed by atoms with E-state index < -0.39 is 0 Å². The first-order valence-corrected chi connectivity index (χ1v) is 9.04. The summed E-state index contributed by atoms with van der Waals surface area (Å²) in [5.74, 6) is 2.63. The van der Waals surface area contributed by atoms with E-state index in [4.69, 9.17) is 9.47 Å². The van der Waals surface area contributed by atoms with Gasteiger partial charge >= 0.3 is 0 Å². The summed E-state index contributed by atoms with van der Waals surface area (Å²) < 4.78 is 12.6. The summed E-state index contributed by atoms with van der Waals surface area (Å²) in [5, 5.41) is 8.23. The summed E-state index contributed by atoms with van der Waals surface area (Å²) in [4.78, 5) is 14.9. The number of piperidine rings is 1. The number of hydrogen-bond donors (Lipinski definition) is 0. The Bertz CT molecular complexity index is 759. The SMILES string of the molecule is CCn1cnnc1CC1CCCN(C(=O)c2ccc(OC)c(OC)c2)C1. The zero-order chi connectivity index (χ0) is 18.5. The van der Waals surface area contributed by atoms with E-state index in [0.29, 0.717) is 23.0 Å². The number of aryl methyl sites for hydroxylation is 1. The number of amides is 1. The molecule has 0 saturated carbocycles. The van der Waals surface area contributed by atoms with E-state index in [9.17, 15) is 4.79 Å². The van der Waals surface area contributed by atoms with E-state index >= 15 is 0 Å². The summed E-state index contributed by atoms with van der Waals surface area (Å²) in [7, 11) is 3.16. The van der Waals surface area contributed by atoms with Gasteiger partial charge in [-0.2, -0.15) is 0 Å². The number of benzene rings is 1. The van der Waals surface area contributed by atoms with Gasteiger partial charge in [0, 0.05) is 31.6 Å². The first kappa shape index (κ1) is 18.2. The van der Waals surface area contributed by atoms with Crippen molar-refractivity contribution >= 4 is 5.91 Å². The van der Waals surface area contributed by atoms with Gasteiger partial charge in [-0.3, -0.25) is 4.79 Å². The second kappa shape index (κ2) is 8.21. The highest BCUT2D eigenvalue weighted by atomic mass is 16.5. The van der Waals surface area contributed by atoms with Crippen LogP contribution in [-0.4, -0.2) is 52.9 Å². The van der Waals surface area contributed by atoms with Crippen LogP contribution in [-0.2, 0) is 13.0 Å². The Labute approximate surface area is 153 Å². The highest BCUT2D eigenvalue weighted by Crippen LogP contribution is 2.29. The van der Waals surface area contributed by atoms with Gasteiger partial charge in [0.25, 0.3) is 5.91 Å². The average molecular weight is 358 g/mol. The molecule has 0 N–H and O–H groups in total. The molecule has 140 valence electrons. The van der Waals surface area contributed by atoms with Gasteiger partial charge in [-0.25, -0.2) is 0 Å². The monoisotopic (exact) mass is 358 g/mol. The zero-order valence-electron chi connectivity index (χ0n) is 15.6. The van der Waals surface area contributed by atoms with Gasteiger partial charge in [0.2, 0.25) is 0 Å². The van der Waals surface area contributed by atoms with Gasteiger partial charge in [0.05, 0.1) is 14.2 Å². The second-order valence-corrected chi connectivity index (χ2v) is 6.57. The quantitative estimate of drug-likeness (QED) is 0.793. The minimum atomic E-state index is 0.0348. The van der Waals surface area contributed by atoms with Crippen LogP contribution >= 0.6 is 0 Å². The minimum absolute atomic E-state index is 0.0348. The molecule has 3 rings (SSSR count). The van der Waals surface area contributed by atoms with Gasteiger partial charge in [-0.05, 0) is 43.9 Å². The van der Waals surface area contributed by atoms with E-state index in [1.54, 1.807) is 38.7 Å². The number of carbonyl (C=O) groups is 1. The number of ether oxygens (including phenoxy) is 2. The number of carbonyl (C=O) groups excluding carboxylic acids is 1. The molecule has 0 radical (unpaired) electrons. The van der Waals surface area contributed by atoms with Crippen LogP contribution in [0.15, 0.2) is 24.5 Å². The van der Waals surface area contributed by atoms with E-state index in [2.05, 4.69) is 21.7 Å². The third-order valence-electron chi connectivity index (χ3n) is 4.94. The van der Waals surface area contributed by atoms with E-state index in [0.717, 1.165) is 44.7 Å². The number of nitrogens with zero attached hydrogens (tertiary/aromatic N) is 4. The smallest absolute Gasteiger partial charge is 0.254 e. The molecule has 7 heteroatoms. The molecule has 0 aliphatic carbocycles. The minimum Gasteiger partial charge on any atom is -0.493 e. The number of likely N-dealkylation sites (tertiary alicyclic amines) is 1. The molecular formula is C19H26N4O3. The number of hydrogen-bond acceptors (Lipinski definition) is 5. The third-order valence-corrected chi connectivity index (χ3v) is 4.94. The standard InChI is InChI=1S/C19H26N4O3/c1-4-22-13-20-21-18(22)10-14-6-5-9-23(12-14)19(24)15-7-8-16(25-2)17(11-15)26-3/h7-8,11,13-14H,4-6,9-10,12H2,1-3H3. The maximum atomic E-state index is 12.9. The van der Waals surface area contributed by atoms with E-state index in [1.165, 1.54) is 0 Å². The van der Waals surface area contributed by atoms with Crippen LogP contribution < -0.4 is 9.47 Å². The maximum absolute atomic E-state index is 12.9. The normalized spacial score (nSPS) is 17.2. The molecule has 2 heterocycles. The van der Waals surface area contributed by atoms with Crippen LogP contribution in [0.5, 0.6) is 11.5 Å². The van der Waals surface area contributed by atoms with Gasteiger partial charge < -0.3 is 18.9 Å². The number of methoxy groups -OCH3 is 2. The Kier molecular flexibility index (Phi) is 5.75. The fourth-order valence-corrected chi connectivity index (χ4v) is 3.53. The van der Waals surface area contributed by atoms with Crippen LogP contribution in [0.25, 0.3) is 0 Å². The van der Waals surface area contributed by atoms with Crippen molar-refractivity contribution in [1.82, 2.24) is 19.7 Å². The first-order valence-electron chi connectivity index (χ1n) is 9.04. The van der Waals surface area contributed by atoms with Gasteiger partial charge in [0.15, 0.2) is 11.5 Å². The molecule has 2 aromatic rings. The van der Waals surface area contributed by atoms with Gasteiger partial charge in [-0.1, -0.05) is 0 Å². The molecule has 1 aromatic heterocycles. The summed E-state index contributed by atoms with van der Waals surface area (Å²) in [5.41, 5.74) is 0.625. The Balaban J connectivity index is 1.70. The molecule has 0 spiro atoms. The molecule has 1 fully saturated rings. The lowest BCUT2D eigenvalue weighted by molar-refractivity contribution is 0.0671. The highest BCUT2D eigenvalue weighted by Gasteiger charge is 2.26. The zero-order valence-corrected chi connectivity index (χ0v) is 15.6. The Hall–Kier alpha value is -2.57. The molecule has 1 aromatic carbocycles. The Morgan fingerprint density at radius 1 is 1.27 bits per heavy atom. The number of aromatic nitrogens is 3. The fraction of sp³-hybridized carbons (Fsp3) is 0.526. The summed E-state index contributed by atoms with van der Waals surface area (Å²) in [6.45, 7) is 4.47. The van der Waals surface area contributed by atoms with Crippen LogP contribution in [0.2, 0.25) is 0 Å². The average Bonchev–Trinajstić information content (AvgIpc) is 3.14. The lowest BCUT2D eigenvalue weighted by Crippen LogP contribution is -2.40. The molecule has 1 saturated heterocycles. The van der Waals surface area contributed by atoms with Gasteiger partial charge in [-0.15, -0.1) is 10.2 Å². The Morgan fingerprint density at radius 2 is 2.08 bits per heavy atom. The lowest BCUT2D eigenvalue weighted by Gasteiger charge is -2.32. The molecular weight excluding hydrogens is 332 g/mol. The van der Waals surface area contributed by atoms with Gasteiger partial charge in [0.1, 0.15) is 12.2 Å². The molecule has 1 unspecified atom stereocenters. The van der Waals surface area contributed by atoms with Crippen LogP contribution in [0.1, 0.15) is 35.9 Å². The molecule has 1 atom stereocenters. The fourth-order valence-electron chi connectivity index (χ4n) is 3.53. The highest BCUT2D eigenvalue weighted by molar-refractivity contribution is 5.95. The predicted octanol–water partition coefficient (Wildman–Crippen LogP) is 2.41. The molecule has 1 aliphatic rings. The second-order valence-electron chi connectivity index (χ2n) is 6.57. The molecule has 7 nitrogen and oxygen atoms in total. The lowest BCUT2D eigenvalue weighted by atomic mass is 9.94. The largest absolute Gasteiger partial charge is 0.493 e. The topological polar surface area (TPSA) is 69.5 Å². The summed E-state index contributed by atoms with van der Waals surface area (Å²) in [6, 6.07) is 5.32. The Morgan fingerprint density at radius 3 is 2.81 bits per heavy atom. The predicted molar refractivity (Wildman–Crippen MR) is 97.6 cm³/mol. The van der Waals surface area contributed by atoms with Crippen molar-refractivity contribution in [3.8, 4) is 11.5 Å². The summed E-state index contributed by atoms with van der Waals surface area (Å²) in [6.07, 6.45) is 4.73. The van der Waals surface area contributed by atoms with Crippen molar-refractivity contribution in [2.75, 3.05) is 27.3 Å². The summed E-state index contributed by atoms with van der Waals surface area (Å²) >= 11 is 0. The van der Waals surface area contributed by atoms with E-state index in [1.807, 2.05) is 4.90 Å². The van der Waals surface area contributed by atoms with Crippen LogP contribution in [0, 0.1) is 5.92 Å². The first-order chi connectivity index (χ1) is 12.7. The van der Waals surface area contributed by atoms with Crippen molar-refractivity contribution in [2.45, 2.75) is 32.7 Å². The molecule has 0 bridgehead atoms. The van der Waals surface area contributed by atoms with Crippen molar-refractivity contribution in [2.24, 2.45) is 5.92 Å². The van der Waals surface area contributed by atoms with E-state index in [-0.39, 0.29) is 5.91 Å². The molecule has 26 heavy (non-hydrogen) atoms. The molecule has 1 amide bonds. The number of rotatable bonds is 6. The van der Waals surface area contributed by atoms with Crippen molar-refractivity contribution in [3.05, 3.63) is 35.9 Å². The third kappa shape index (κ3) is 3.81.